The second-order valence-electron chi connectivity index (χ2n) is 5.81. The summed E-state index contributed by atoms with van der Waals surface area (Å²) >= 11 is 18.3. The molecule has 0 amide bonds. The van der Waals surface area contributed by atoms with Crippen molar-refractivity contribution < 1.29 is 9.84 Å². The Labute approximate surface area is 172 Å². The quantitative estimate of drug-likeness (QED) is 0.540. The molecule has 1 atom stereocenters. The molecule has 0 fully saturated rings. The summed E-state index contributed by atoms with van der Waals surface area (Å²) < 4.78 is 8.01. The van der Waals surface area contributed by atoms with Crippen molar-refractivity contribution in [1.82, 2.24) is 4.57 Å². The number of hydrogen-bond acceptors (Lipinski definition) is 3. The predicted octanol–water partition coefficient (Wildman–Crippen LogP) is 5.21. The minimum atomic E-state index is -0.391. The van der Waals surface area contributed by atoms with E-state index in [0.717, 1.165) is 16.5 Å². The molecule has 3 rings (SSSR count). The summed E-state index contributed by atoms with van der Waals surface area (Å²) in [4.78, 5) is 0. The molecule has 0 saturated heterocycles. The summed E-state index contributed by atoms with van der Waals surface area (Å²) in [5.41, 5.74) is 7.86. The molecule has 0 bridgehead atoms. The van der Waals surface area contributed by atoms with E-state index in [1.54, 1.807) is 12.1 Å². The van der Waals surface area contributed by atoms with Crippen LogP contribution in [0.1, 0.15) is 5.56 Å². The lowest BCUT2D eigenvalue weighted by atomic mass is 10.1. The summed E-state index contributed by atoms with van der Waals surface area (Å²) in [6, 6.07) is 10.6. The maximum absolute atomic E-state index is 9.34. The highest BCUT2D eigenvalue weighted by Crippen LogP contribution is 2.40. The van der Waals surface area contributed by atoms with Crippen molar-refractivity contribution in [2.24, 2.45) is 12.8 Å². The first kappa shape index (κ1) is 21.2. The highest BCUT2D eigenvalue weighted by molar-refractivity contribution is 6.43. The average Bonchev–Trinajstić information content (AvgIpc) is 2.85. The molecule has 0 saturated carbocycles. The lowest BCUT2D eigenvalue weighted by Gasteiger charge is -2.14. The van der Waals surface area contributed by atoms with Gasteiger partial charge in [-0.1, -0.05) is 53.0 Å². The summed E-state index contributed by atoms with van der Waals surface area (Å²) in [5, 5.41) is 11.4. The number of rotatable bonds is 5. The van der Waals surface area contributed by atoms with E-state index in [9.17, 15) is 5.11 Å². The molecule has 8 heteroatoms. The van der Waals surface area contributed by atoms with Crippen LogP contribution in [-0.2, 0) is 13.5 Å². The molecule has 1 aromatic heterocycles. The minimum absolute atomic E-state index is 0. The van der Waals surface area contributed by atoms with E-state index in [1.807, 2.05) is 35.9 Å². The molecule has 26 heavy (non-hydrogen) atoms. The Morgan fingerprint density at radius 1 is 1.12 bits per heavy atom. The van der Waals surface area contributed by atoms with Gasteiger partial charge in [0.15, 0.2) is 0 Å². The van der Waals surface area contributed by atoms with Crippen LogP contribution in [0.25, 0.3) is 10.9 Å². The zero-order chi connectivity index (χ0) is 18.1. The molecule has 1 unspecified atom stereocenters. The van der Waals surface area contributed by atoms with E-state index in [2.05, 4.69) is 0 Å². The van der Waals surface area contributed by atoms with Gasteiger partial charge in [0.05, 0.1) is 27.2 Å². The van der Waals surface area contributed by atoms with Gasteiger partial charge >= 0.3 is 0 Å². The second kappa shape index (κ2) is 8.70. The van der Waals surface area contributed by atoms with Crippen LogP contribution in [0.15, 0.2) is 36.4 Å². The Hall–Kier alpha value is -1.14. The largest absolute Gasteiger partial charge is 0.439 e. The zero-order valence-electron chi connectivity index (χ0n) is 13.9. The Morgan fingerprint density at radius 2 is 1.77 bits per heavy atom. The molecule has 1 heterocycles. The number of para-hydroxylation sites is 1. The van der Waals surface area contributed by atoms with Crippen molar-refractivity contribution in [3.05, 3.63) is 57.0 Å². The van der Waals surface area contributed by atoms with Gasteiger partial charge < -0.3 is 20.1 Å². The standard InChI is InChI=1S/C18H17Cl3N2O2.ClH/c1-23-16-5-3-2-4-11(16)12(6-10(22)9-24)18(23)25-17-8-14(20)13(19)7-15(17)21;/h2-5,7-8,10,24H,6,9,22H2,1H3;1H. The maximum Gasteiger partial charge on any atom is 0.204 e. The van der Waals surface area contributed by atoms with Crippen LogP contribution in [0, 0.1) is 0 Å². The molecule has 4 nitrogen and oxygen atoms in total. The number of aryl methyl sites for hydroxylation is 1. The normalized spacial score (nSPS) is 12.1. The molecule has 0 aliphatic rings. The lowest BCUT2D eigenvalue weighted by molar-refractivity contribution is 0.264. The Morgan fingerprint density at radius 3 is 2.46 bits per heavy atom. The smallest absolute Gasteiger partial charge is 0.204 e. The SMILES string of the molecule is Cl.Cn1c(Oc2cc(Cl)c(Cl)cc2Cl)c(CC(N)CO)c2ccccc21. The molecule has 0 aliphatic heterocycles. The highest BCUT2D eigenvalue weighted by atomic mass is 35.5. The van der Waals surface area contributed by atoms with Gasteiger partial charge in [-0.3, -0.25) is 0 Å². The van der Waals surface area contributed by atoms with Crippen molar-refractivity contribution in [3.63, 3.8) is 0 Å². The third-order valence-corrected chi connectivity index (χ3v) is 5.05. The summed E-state index contributed by atoms with van der Waals surface area (Å²) in [6.07, 6.45) is 0.464. The Bertz CT molecular complexity index is 927. The first-order valence-electron chi connectivity index (χ1n) is 7.67. The van der Waals surface area contributed by atoms with Crippen molar-refractivity contribution in [3.8, 4) is 11.6 Å². The fraction of sp³-hybridized carbons (Fsp3) is 0.222. The van der Waals surface area contributed by atoms with Gasteiger partial charge in [0, 0.05) is 30.1 Å². The van der Waals surface area contributed by atoms with Crippen molar-refractivity contribution >= 4 is 58.1 Å². The number of aliphatic hydroxyl groups excluding tert-OH is 1. The van der Waals surface area contributed by atoms with Gasteiger partial charge in [-0.2, -0.15) is 0 Å². The Balaban J connectivity index is 0.00000243. The third kappa shape index (κ3) is 4.06. The van der Waals surface area contributed by atoms with Crippen LogP contribution in [0.4, 0.5) is 0 Å². The average molecular weight is 436 g/mol. The summed E-state index contributed by atoms with van der Waals surface area (Å²) in [6.45, 7) is -0.115. The maximum atomic E-state index is 9.34. The summed E-state index contributed by atoms with van der Waals surface area (Å²) in [5.74, 6) is 1.01. The monoisotopic (exact) mass is 434 g/mol. The Kier molecular flexibility index (Phi) is 7.08. The van der Waals surface area contributed by atoms with Gasteiger partial charge in [-0.05, 0) is 18.6 Å². The van der Waals surface area contributed by atoms with Crippen LogP contribution >= 0.6 is 47.2 Å². The first-order valence-corrected chi connectivity index (χ1v) is 8.81. The molecule has 0 aliphatic carbocycles. The molecular weight excluding hydrogens is 418 g/mol. The van der Waals surface area contributed by atoms with Crippen molar-refractivity contribution in [1.29, 1.82) is 0 Å². The molecule has 2 aromatic carbocycles. The van der Waals surface area contributed by atoms with E-state index < -0.39 is 6.04 Å². The van der Waals surface area contributed by atoms with E-state index in [4.69, 9.17) is 45.3 Å². The molecule has 0 spiro atoms. The number of fused-ring (bicyclic) bond motifs is 1. The van der Waals surface area contributed by atoms with E-state index >= 15 is 0 Å². The third-order valence-electron chi connectivity index (χ3n) is 4.04. The number of halogens is 4. The molecule has 3 aromatic rings. The van der Waals surface area contributed by atoms with Gasteiger partial charge in [-0.15, -0.1) is 12.4 Å². The van der Waals surface area contributed by atoms with E-state index in [1.165, 1.54) is 0 Å². The number of benzene rings is 2. The van der Waals surface area contributed by atoms with Gasteiger partial charge in [0.1, 0.15) is 5.75 Å². The molecular formula is C18H18Cl4N2O2. The van der Waals surface area contributed by atoms with E-state index in [-0.39, 0.29) is 19.0 Å². The summed E-state index contributed by atoms with van der Waals surface area (Å²) in [7, 11) is 1.90. The van der Waals surface area contributed by atoms with Crippen molar-refractivity contribution in [2.75, 3.05) is 6.61 Å². The number of hydrogen-bond donors (Lipinski definition) is 2. The number of ether oxygens (including phenoxy) is 1. The first-order chi connectivity index (χ1) is 11.9. The number of nitrogens with two attached hydrogens (primary N) is 1. The predicted molar refractivity (Wildman–Crippen MR) is 110 cm³/mol. The second-order valence-corrected chi connectivity index (χ2v) is 7.03. The fourth-order valence-corrected chi connectivity index (χ4v) is 3.36. The van der Waals surface area contributed by atoms with Crippen LogP contribution in [-0.4, -0.2) is 22.3 Å². The highest BCUT2D eigenvalue weighted by Gasteiger charge is 2.20. The minimum Gasteiger partial charge on any atom is -0.439 e. The van der Waals surface area contributed by atoms with Crippen LogP contribution < -0.4 is 10.5 Å². The van der Waals surface area contributed by atoms with Crippen molar-refractivity contribution in [2.45, 2.75) is 12.5 Å². The topological polar surface area (TPSA) is 60.4 Å². The lowest BCUT2D eigenvalue weighted by Crippen LogP contribution is -2.26. The fourth-order valence-electron chi connectivity index (χ4n) is 2.79. The molecule has 3 N–H and O–H groups in total. The van der Waals surface area contributed by atoms with Crippen LogP contribution in [0.5, 0.6) is 11.6 Å². The van der Waals surface area contributed by atoms with Gasteiger partial charge in [-0.25, -0.2) is 0 Å². The zero-order valence-corrected chi connectivity index (χ0v) is 17.0. The van der Waals surface area contributed by atoms with Crippen LogP contribution in [0.2, 0.25) is 15.1 Å². The molecule has 140 valence electrons. The van der Waals surface area contributed by atoms with Crippen LogP contribution in [0.3, 0.4) is 0 Å². The molecule has 0 radical (unpaired) electrons. The van der Waals surface area contributed by atoms with E-state index in [0.29, 0.717) is 33.1 Å². The number of nitrogens with zero attached hydrogens (tertiary/aromatic N) is 1. The van der Waals surface area contributed by atoms with Gasteiger partial charge in [0.25, 0.3) is 0 Å². The number of aliphatic hydroxyl groups is 1. The van der Waals surface area contributed by atoms with Gasteiger partial charge in [0.2, 0.25) is 5.88 Å². The number of aromatic nitrogens is 1.